The molecule has 0 radical (unpaired) electrons. The molecule has 0 unspecified atom stereocenters. The van der Waals surface area contributed by atoms with Crippen LogP contribution >= 0.6 is 0 Å². The summed E-state index contributed by atoms with van der Waals surface area (Å²) in [6, 6.07) is -0.532. The highest BCUT2D eigenvalue weighted by Gasteiger charge is 2.73. The molecule has 0 amide bonds. The molecule has 23 heavy (non-hydrogen) atoms. The maximum absolute atomic E-state index is 12.6. The summed E-state index contributed by atoms with van der Waals surface area (Å²) in [6.45, 7) is 11.6. The van der Waals surface area contributed by atoms with Crippen molar-refractivity contribution in [2.75, 3.05) is 19.7 Å². The number of rotatable bonds is 4. The Labute approximate surface area is 141 Å². The van der Waals surface area contributed by atoms with E-state index in [9.17, 15) is 4.79 Å². The third kappa shape index (κ3) is 2.13. The number of hydrogen-bond acceptors (Lipinski definition) is 4. The highest BCUT2D eigenvalue weighted by atomic mass is 16.5. The first-order valence-corrected chi connectivity index (χ1v) is 9.48. The molecule has 4 nitrogen and oxygen atoms in total. The summed E-state index contributed by atoms with van der Waals surface area (Å²) < 4.78 is 5.36. The molecule has 2 aliphatic carbocycles. The van der Waals surface area contributed by atoms with Crippen molar-refractivity contribution in [1.29, 1.82) is 0 Å². The van der Waals surface area contributed by atoms with Crippen LogP contribution in [-0.4, -0.2) is 42.1 Å². The summed E-state index contributed by atoms with van der Waals surface area (Å²) in [7, 11) is 0. The van der Waals surface area contributed by atoms with Crippen molar-refractivity contribution >= 4 is 5.97 Å². The number of ether oxygens (including phenoxy) is 1. The predicted octanol–water partition coefficient (Wildman–Crippen LogP) is 2.95. The monoisotopic (exact) mass is 322 g/mol. The molecule has 1 aliphatic heterocycles. The molecular weight excluding hydrogens is 288 g/mol. The normalized spacial score (nSPS) is 41.0. The van der Waals surface area contributed by atoms with Crippen LogP contribution in [0.5, 0.6) is 0 Å². The van der Waals surface area contributed by atoms with Gasteiger partial charge in [0, 0.05) is 0 Å². The minimum absolute atomic E-state index is 0.0776. The Hall–Kier alpha value is -0.610. The smallest absolute Gasteiger partial charge is 0.324 e. The van der Waals surface area contributed by atoms with Crippen LogP contribution in [0, 0.1) is 16.7 Å². The number of esters is 1. The predicted molar refractivity (Wildman–Crippen MR) is 92.0 cm³/mol. The molecule has 2 saturated carbocycles. The highest BCUT2D eigenvalue weighted by Crippen LogP contribution is 2.72. The molecule has 4 heteroatoms. The second-order valence-corrected chi connectivity index (χ2v) is 8.70. The molecule has 0 spiro atoms. The molecule has 1 saturated heterocycles. The average molecular weight is 322 g/mol. The van der Waals surface area contributed by atoms with E-state index in [1.54, 1.807) is 0 Å². The van der Waals surface area contributed by atoms with E-state index in [1.165, 1.54) is 32.1 Å². The van der Waals surface area contributed by atoms with E-state index in [1.807, 2.05) is 6.92 Å². The van der Waals surface area contributed by atoms with Crippen molar-refractivity contribution in [3.05, 3.63) is 0 Å². The first-order valence-electron chi connectivity index (χ1n) is 9.48. The van der Waals surface area contributed by atoms with Gasteiger partial charge in [-0.15, -0.1) is 0 Å². The minimum atomic E-state index is -0.532. The van der Waals surface area contributed by atoms with Crippen LogP contribution in [0.15, 0.2) is 0 Å². The Kier molecular flexibility index (Phi) is 4.29. The van der Waals surface area contributed by atoms with Crippen molar-refractivity contribution in [2.24, 2.45) is 22.5 Å². The van der Waals surface area contributed by atoms with Gasteiger partial charge in [0.15, 0.2) is 0 Å². The molecule has 2 bridgehead atoms. The summed E-state index contributed by atoms with van der Waals surface area (Å²) >= 11 is 0. The number of fused-ring (bicyclic) bond motifs is 2. The number of hydrogen-bond donors (Lipinski definition) is 1. The summed E-state index contributed by atoms with van der Waals surface area (Å²) in [5, 5.41) is 0. The molecule has 3 aliphatic rings. The molecule has 0 aromatic rings. The average Bonchev–Trinajstić information content (AvgIpc) is 2.87. The van der Waals surface area contributed by atoms with Gasteiger partial charge in [-0.25, -0.2) is 0 Å². The van der Waals surface area contributed by atoms with Crippen LogP contribution in [0.3, 0.4) is 0 Å². The fourth-order valence-electron chi connectivity index (χ4n) is 6.19. The van der Waals surface area contributed by atoms with Crippen molar-refractivity contribution < 1.29 is 9.53 Å². The van der Waals surface area contributed by atoms with Crippen molar-refractivity contribution in [3.63, 3.8) is 0 Å². The van der Waals surface area contributed by atoms with Gasteiger partial charge in [0.05, 0.1) is 12.1 Å². The summed E-state index contributed by atoms with van der Waals surface area (Å²) in [5.41, 5.74) is 6.73. The standard InChI is InChI=1S/C19H34N2O2/c1-5-23-16(22)15(20)19(21-11-7-6-8-12-21)13-14-9-10-18(19,4)17(14,2)3/h14-15H,5-13,20H2,1-4H3/t14-,15-,18+,19+/m0/s1. The molecule has 2 N–H and O–H groups in total. The lowest BCUT2D eigenvalue weighted by Crippen LogP contribution is -2.70. The largest absolute Gasteiger partial charge is 0.465 e. The number of nitrogens with zero attached hydrogens (tertiary/aromatic N) is 1. The Bertz CT molecular complexity index is 472. The van der Waals surface area contributed by atoms with Crippen LogP contribution in [-0.2, 0) is 9.53 Å². The van der Waals surface area contributed by atoms with Gasteiger partial charge in [0.1, 0.15) is 6.04 Å². The third-order valence-corrected chi connectivity index (χ3v) is 7.92. The van der Waals surface area contributed by atoms with Crippen LogP contribution in [0.2, 0.25) is 0 Å². The Morgan fingerprint density at radius 1 is 1.26 bits per heavy atom. The zero-order valence-electron chi connectivity index (χ0n) is 15.4. The summed E-state index contributed by atoms with van der Waals surface area (Å²) in [4.78, 5) is 15.2. The maximum Gasteiger partial charge on any atom is 0.324 e. The zero-order chi connectivity index (χ0) is 16.9. The fraction of sp³-hybridized carbons (Fsp3) is 0.947. The van der Waals surface area contributed by atoms with Crippen molar-refractivity contribution in [3.8, 4) is 0 Å². The summed E-state index contributed by atoms with van der Waals surface area (Å²) in [6.07, 6.45) is 7.24. The molecule has 132 valence electrons. The van der Waals surface area contributed by atoms with Gasteiger partial charge in [-0.1, -0.05) is 27.2 Å². The summed E-state index contributed by atoms with van der Waals surface area (Å²) in [5.74, 6) is 0.456. The van der Waals surface area contributed by atoms with Crippen LogP contribution in [0.25, 0.3) is 0 Å². The van der Waals surface area contributed by atoms with Crippen LogP contribution in [0.1, 0.15) is 66.2 Å². The molecular formula is C19H34N2O2. The second kappa shape index (κ2) is 5.73. The Morgan fingerprint density at radius 3 is 2.39 bits per heavy atom. The SMILES string of the molecule is CCOC(=O)[C@H](N)[C@]1(N2CCCCC2)C[C@@H]2CC[C@]1(C)C2(C)C. The van der Waals surface area contributed by atoms with Crippen LogP contribution < -0.4 is 5.73 Å². The van der Waals surface area contributed by atoms with Gasteiger partial charge < -0.3 is 10.5 Å². The van der Waals surface area contributed by atoms with Gasteiger partial charge in [0.25, 0.3) is 0 Å². The van der Waals surface area contributed by atoms with E-state index in [0.29, 0.717) is 12.5 Å². The quantitative estimate of drug-likeness (QED) is 0.809. The molecule has 0 aromatic carbocycles. The number of carbonyl (C=O) groups is 1. The lowest BCUT2D eigenvalue weighted by molar-refractivity contribution is -0.156. The zero-order valence-corrected chi connectivity index (χ0v) is 15.4. The molecule has 3 fully saturated rings. The Balaban J connectivity index is 2.03. The van der Waals surface area contributed by atoms with E-state index < -0.39 is 6.04 Å². The maximum atomic E-state index is 12.6. The van der Waals surface area contributed by atoms with Gasteiger partial charge in [-0.2, -0.15) is 0 Å². The van der Waals surface area contributed by atoms with Crippen molar-refractivity contribution in [1.82, 2.24) is 4.90 Å². The molecule has 1 heterocycles. The first-order chi connectivity index (χ1) is 10.8. The van der Waals surface area contributed by atoms with Gasteiger partial charge >= 0.3 is 5.97 Å². The highest BCUT2D eigenvalue weighted by molar-refractivity contribution is 5.78. The van der Waals surface area contributed by atoms with Crippen molar-refractivity contribution in [2.45, 2.75) is 77.8 Å². The molecule has 3 rings (SSSR count). The van der Waals surface area contributed by atoms with E-state index in [2.05, 4.69) is 25.7 Å². The number of nitrogens with two attached hydrogens (primary N) is 1. The van der Waals surface area contributed by atoms with Gasteiger partial charge in [0.2, 0.25) is 0 Å². The Morgan fingerprint density at radius 2 is 1.91 bits per heavy atom. The minimum Gasteiger partial charge on any atom is -0.465 e. The third-order valence-electron chi connectivity index (χ3n) is 7.92. The lowest BCUT2D eigenvalue weighted by atomic mass is 9.59. The topological polar surface area (TPSA) is 55.6 Å². The molecule has 0 aromatic heterocycles. The van der Waals surface area contributed by atoms with E-state index in [-0.39, 0.29) is 22.3 Å². The number of carbonyl (C=O) groups excluding carboxylic acids is 1. The number of piperidine rings is 1. The van der Waals surface area contributed by atoms with Gasteiger partial charge in [-0.05, 0) is 68.9 Å². The first kappa shape index (κ1) is 17.2. The number of likely N-dealkylation sites (tertiary alicyclic amines) is 1. The molecule has 4 atom stereocenters. The lowest BCUT2D eigenvalue weighted by Gasteiger charge is -2.57. The van der Waals surface area contributed by atoms with E-state index >= 15 is 0 Å². The second-order valence-electron chi connectivity index (χ2n) is 8.70. The fourth-order valence-corrected chi connectivity index (χ4v) is 6.19. The van der Waals surface area contributed by atoms with Gasteiger partial charge in [-0.3, -0.25) is 9.69 Å². The van der Waals surface area contributed by atoms with Crippen LogP contribution in [0.4, 0.5) is 0 Å². The van der Waals surface area contributed by atoms with E-state index in [4.69, 9.17) is 10.5 Å². The van der Waals surface area contributed by atoms with E-state index in [0.717, 1.165) is 19.5 Å².